The largest absolute Gasteiger partial charge is 0.468 e. The van der Waals surface area contributed by atoms with Crippen LogP contribution in [0.3, 0.4) is 0 Å². The van der Waals surface area contributed by atoms with E-state index in [1.54, 1.807) is 11.3 Å². The molecule has 1 aromatic carbocycles. The molecular weight excluding hydrogens is 234 g/mol. The maximum Gasteiger partial charge on any atom is 0.318 e. The number of carbonyl (C=O) groups is 1. The number of esters is 1. The molecule has 0 atom stereocenters. The van der Waals surface area contributed by atoms with E-state index in [1.807, 2.05) is 19.1 Å². The number of nitrogens with zero attached hydrogens (tertiary/aromatic N) is 1. The van der Waals surface area contributed by atoms with Gasteiger partial charge in [0.15, 0.2) is 0 Å². The van der Waals surface area contributed by atoms with Gasteiger partial charge in [0, 0.05) is 0 Å². The number of hydrogen-bond donors (Lipinski definition) is 0. The molecule has 17 heavy (non-hydrogen) atoms. The highest BCUT2D eigenvalue weighted by Crippen LogP contribution is 2.51. The molecule has 4 heteroatoms. The second-order valence-electron chi connectivity index (χ2n) is 4.51. The second-order valence-corrected chi connectivity index (χ2v) is 5.55. The van der Waals surface area contributed by atoms with Gasteiger partial charge in [-0.15, -0.1) is 11.3 Å². The normalized spacial score (nSPS) is 17.1. The molecule has 0 radical (unpaired) electrons. The molecule has 0 saturated heterocycles. The highest BCUT2D eigenvalue weighted by atomic mass is 32.1. The topological polar surface area (TPSA) is 39.2 Å². The van der Waals surface area contributed by atoms with E-state index in [2.05, 4.69) is 11.1 Å². The predicted octanol–water partition coefficient (Wildman–Crippen LogP) is 2.81. The van der Waals surface area contributed by atoms with E-state index < -0.39 is 5.41 Å². The van der Waals surface area contributed by atoms with E-state index >= 15 is 0 Å². The average molecular weight is 247 g/mol. The van der Waals surface area contributed by atoms with E-state index in [9.17, 15) is 4.79 Å². The zero-order valence-electron chi connectivity index (χ0n) is 9.82. The number of benzene rings is 1. The number of thiazole rings is 1. The van der Waals surface area contributed by atoms with Crippen molar-refractivity contribution in [1.29, 1.82) is 0 Å². The Morgan fingerprint density at radius 2 is 2.24 bits per heavy atom. The number of methoxy groups -OCH3 is 1. The summed E-state index contributed by atoms with van der Waals surface area (Å²) in [5, 5.41) is 0.911. The van der Waals surface area contributed by atoms with Crippen molar-refractivity contribution in [2.75, 3.05) is 7.11 Å². The van der Waals surface area contributed by atoms with Crippen LogP contribution in [0, 0.1) is 6.92 Å². The van der Waals surface area contributed by atoms with Crippen molar-refractivity contribution in [3.63, 3.8) is 0 Å². The van der Waals surface area contributed by atoms with Crippen LogP contribution in [0.25, 0.3) is 10.2 Å². The Kier molecular flexibility index (Phi) is 2.23. The first kappa shape index (κ1) is 10.7. The third kappa shape index (κ3) is 1.47. The molecule has 0 N–H and O–H groups in total. The van der Waals surface area contributed by atoms with Crippen molar-refractivity contribution in [3.8, 4) is 0 Å². The van der Waals surface area contributed by atoms with Gasteiger partial charge in [0.05, 0.1) is 17.3 Å². The minimum atomic E-state index is -0.440. The third-order valence-electron chi connectivity index (χ3n) is 3.36. The van der Waals surface area contributed by atoms with Crippen molar-refractivity contribution in [2.24, 2.45) is 0 Å². The Balaban J connectivity index is 2.13. The molecule has 0 amide bonds. The number of fused-ring (bicyclic) bond motifs is 1. The second kappa shape index (κ2) is 3.53. The summed E-state index contributed by atoms with van der Waals surface area (Å²) in [5.41, 5.74) is 1.73. The van der Waals surface area contributed by atoms with Crippen LogP contribution in [-0.2, 0) is 14.9 Å². The molecule has 1 fully saturated rings. The minimum Gasteiger partial charge on any atom is -0.468 e. The van der Waals surface area contributed by atoms with Crippen LogP contribution in [0.5, 0.6) is 0 Å². The minimum absolute atomic E-state index is 0.144. The Bertz CT molecular complexity index is 598. The average Bonchev–Trinajstić information content (AvgIpc) is 3.02. The van der Waals surface area contributed by atoms with Crippen molar-refractivity contribution < 1.29 is 9.53 Å². The van der Waals surface area contributed by atoms with Gasteiger partial charge in [0.2, 0.25) is 0 Å². The Morgan fingerprint density at radius 3 is 2.82 bits per heavy atom. The maximum absolute atomic E-state index is 11.8. The van der Waals surface area contributed by atoms with Gasteiger partial charge in [-0.3, -0.25) is 4.79 Å². The molecule has 3 nitrogen and oxygen atoms in total. The molecule has 2 aromatic rings. The first-order valence-electron chi connectivity index (χ1n) is 5.62. The number of rotatable bonds is 2. The fourth-order valence-electron chi connectivity index (χ4n) is 2.12. The van der Waals surface area contributed by atoms with Gasteiger partial charge in [0.1, 0.15) is 10.4 Å². The number of aromatic nitrogens is 1. The summed E-state index contributed by atoms with van der Waals surface area (Å²) in [6.45, 7) is 2.05. The van der Waals surface area contributed by atoms with Gasteiger partial charge in [-0.1, -0.05) is 12.1 Å². The molecule has 1 aliphatic carbocycles. The molecule has 0 spiro atoms. The monoisotopic (exact) mass is 247 g/mol. The molecule has 1 saturated carbocycles. The van der Waals surface area contributed by atoms with Crippen LogP contribution >= 0.6 is 11.3 Å². The first-order valence-corrected chi connectivity index (χ1v) is 6.44. The SMILES string of the molecule is COC(=O)C1(c2nc3c(C)cccc3s2)CC1. The fraction of sp³-hybridized carbons (Fsp3) is 0.385. The number of para-hydroxylation sites is 1. The molecule has 88 valence electrons. The van der Waals surface area contributed by atoms with E-state index in [0.717, 1.165) is 33.6 Å². The molecule has 3 rings (SSSR count). The Morgan fingerprint density at radius 1 is 1.47 bits per heavy atom. The number of aryl methyl sites for hydroxylation is 1. The predicted molar refractivity (Wildman–Crippen MR) is 67.3 cm³/mol. The summed E-state index contributed by atoms with van der Waals surface area (Å²) in [6, 6.07) is 6.12. The molecule has 1 aliphatic rings. The highest BCUT2D eigenvalue weighted by Gasteiger charge is 2.55. The first-order chi connectivity index (χ1) is 8.17. The van der Waals surface area contributed by atoms with Gasteiger partial charge >= 0.3 is 5.97 Å². The van der Waals surface area contributed by atoms with Gasteiger partial charge in [-0.2, -0.15) is 0 Å². The van der Waals surface area contributed by atoms with Gasteiger partial charge in [-0.25, -0.2) is 4.98 Å². The van der Waals surface area contributed by atoms with E-state index in [-0.39, 0.29) is 5.97 Å². The van der Waals surface area contributed by atoms with Crippen LogP contribution < -0.4 is 0 Å². The maximum atomic E-state index is 11.8. The van der Waals surface area contributed by atoms with Crippen molar-refractivity contribution in [3.05, 3.63) is 28.8 Å². The summed E-state index contributed by atoms with van der Waals surface area (Å²) >= 11 is 1.61. The molecule has 0 unspecified atom stereocenters. The van der Waals surface area contributed by atoms with E-state index in [4.69, 9.17) is 4.74 Å². The quantitative estimate of drug-likeness (QED) is 0.766. The smallest absolute Gasteiger partial charge is 0.318 e. The van der Waals surface area contributed by atoms with Crippen molar-refractivity contribution in [1.82, 2.24) is 4.98 Å². The van der Waals surface area contributed by atoms with Crippen LogP contribution in [0.15, 0.2) is 18.2 Å². The van der Waals surface area contributed by atoms with Crippen LogP contribution in [-0.4, -0.2) is 18.1 Å². The van der Waals surface area contributed by atoms with Crippen molar-refractivity contribution >= 4 is 27.5 Å². The summed E-state index contributed by atoms with van der Waals surface area (Å²) in [6.07, 6.45) is 1.72. The van der Waals surface area contributed by atoms with Gasteiger partial charge in [-0.05, 0) is 31.4 Å². The lowest BCUT2D eigenvalue weighted by molar-refractivity contribution is -0.143. The fourth-order valence-corrected chi connectivity index (χ4v) is 3.39. The summed E-state index contributed by atoms with van der Waals surface area (Å²) < 4.78 is 6.03. The summed E-state index contributed by atoms with van der Waals surface area (Å²) in [7, 11) is 1.45. The van der Waals surface area contributed by atoms with Crippen LogP contribution in [0.1, 0.15) is 23.4 Å². The summed E-state index contributed by atoms with van der Waals surface area (Å²) in [4.78, 5) is 16.4. The molecule has 0 aliphatic heterocycles. The Labute approximate surface area is 103 Å². The molecular formula is C13H13NO2S. The molecule has 1 heterocycles. The lowest BCUT2D eigenvalue weighted by Gasteiger charge is -2.07. The van der Waals surface area contributed by atoms with Gasteiger partial charge in [0.25, 0.3) is 0 Å². The zero-order valence-corrected chi connectivity index (χ0v) is 10.6. The Hall–Kier alpha value is -1.42. The lowest BCUT2D eigenvalue weighted by atomic mass is 10.1. The van der Waals surface area contributed by atoms with Gasteiger partial charge < -0.3 is 4.74 Å². The van der Waals surface area contributed by atoms with Crippen LogP contribution in [0.2, 0.25) is 0 Å². The highest BCUT2D eigenvalue weighted by molar-refractivity contribution is 7.18. The third-order valence-corrected chi connectivity index (χ3v) is 4.58. The summed E-state index contributed by atoms with van der Waals surface area (Å²) in [5.74, 6) is -0.144. The molecule has 1 aromatic heterocycles. The molecule has 0 bridgehead atoms. The van der Waals surface area contributed by atoms with Crippen molar-refractivity contribution in [2.45, 2.75) is 25.2 Å². The van der Waals surface area contributed by atoms with E-state index in [0.29, 0.717) is 0 Å². The zero-order chi connectivity index (χ0) is 12.0. The number of carbonyl (C=O) groups excluding carboxylic acids is 1. The van der Waals surface area contributed by atoms with Crippen LogP contribution in [0.4, 0.5) is 0 Å². The lowest BCUT2D eigenvalue weighted by Crippen LogP contribution is -2.21. The standard InChI is InChI=1S/C13H13NO2S/c1-8-4-3-5-9-10(8)14-11(17-9)13(6-7-13)12(15)16-2/h3-5H,6-7H2,1-2H3. The number of ether oxygens (including phenoxy) is 1. The van der Waals surface area contributed by atoms with E-state index in [1.165, 1.54) is 7.11 Å². The number of hydrogen-bond acceptors (Lipinski definition) is 4.